The molecule has 6 aromatic carbocycles. The summed E-state index contributed by atoms with van der Waals surface area (Å²) in [6.07, 6.45) is 0. The molecule has 0 amide bonds. The second kappa shape index (κ2) is 10.4. The van der Waals surface area contributed by atoms with Crippen LogP contribution in [0.5, 0.6) is 0 Å². The Balaban J connectivity index is 1.26. The van der Waals surface area contributed by atoms with Crippen molar-refractivity contribution < 1.29 is 4.42 Å². The van der Waals surface area contributed by atoms with E-state index in [1.165, 1.54) is 42.4 Å². The highest BCUT2D eigenvalue weighted by Crippen LogP contribution is 2.57. The fourth-order valence-electron chi connectivity index (χ4n) is 8.15. The van der Waals surface area contributed by atoms with Gasteiger partial charge >= 0.3 is 0 Å². The van der Waals surface area contributed by atoms with E-state index < -0.39 is 0 Å². The fraction of sp³-hybridized carbons (Fsp3) is 0.133. The average Bonchev–Trinajstić information content (AvgIpc) is 3.73. The first-order valence-electron chi connectivity index (χ1n) is 17.1. The van der Waals surface area contributed by atoms with Gasteiger partial charge in [0.2, 0.25) is 0 Å². The Morgan fingerprint density at radius 1 is 0.480 bits per heavy atom. The summed E-state index contributed by atoms with van der Waals surface area (Å²) in [5.41, 5.74) is 9.85. The molecule has 9 aromatic rings. The van der Waals surface area contributed by atoms with Crippen molar-refractivity contribution >= 4 is 53.4 Å². The molecule has 1 aliphatic carbocycles. The number of nitrogens with zero attached hydrogens (tertiary/aromatic N) is 3. The molecule has 0 bridgehead atoms. The SMILES string of the molecule is CC1(C)c2ccccc2-c2ccc3sc4c(-c5nc(-c6ccccc6)nc(-c6cccc7oc8ccccc8c67)n5)cccc4c3c2C1(C)C. The summed E-state index contributed by atoms with van der Waals surface area (Å²) in [5, 5.41) is 4.64. The summed E-state index contributed by atoms with van der Waals surface area (Å²) in [5.74, 6) is 1.93. The van der Waals surface area contributed by atoms with E-state index in [1.807, 2.05) is 59.9 Å². The number of hydrogen-bond acceptors (Lipinski definition) is 5. The first-order chi connectivity index (χ1) is 24.3. The third-order valence-electron chi connectivity index (χ3n) is 11.3. The van der Waals surface area contributed by atoms with Crippen LogP contribution in [0.2, 0.25) is 0 Å². The minimum absolute atomic E-state index is 0.0667. The van der Waals surface area contributed by atoms with Gasteiger partial charge in [0.25, 0.3) is 0 Å². The van der Waals surface area contributed by atoms with Crippen molar-refractivity contribution in [3.63, 3.8) is 0 Å². The highest BCUT2D eigenvalue weighted by Gasteiger charge is 2.47. The maximum Gasteiger partial charge on any atom is 0.165 e. The van der Waals surface area contributed by atoms with Gasteiger partial charge in [-0.3, -0.25) is 0 Å². The highest BCUT2D eigenvalue weighted by atomic mass is 32.1. The van der Waals surface area contributed by atoms with E-state index in [-0.39, 0.29) is 10.8 Å². The summed E-state index contributed by atoms with van der Waals surface area (Å²) in [7, 11) is 0. The van der Waals surface area contributed by atoms with E-state index in [1.54, 1.807) is 0 Å². The van der Waals surface area contributed by atoms with Crippen molar-refractivity contribution in [2.75, 3.05) is 0 Å². The molecule has 0 spiro atoms. The van der Waals surface area contributed by atoms with Gasteiger partial charge in [-0.15, -0.1) is 11.3 Å². The molecule has 0 aliphatic heterocycles. The zero-order valence-corrected chi connectivity index (χ0v) is 29.1. The van der Waals surface area contributed by atoms with Gasteiger partial charge in [0.05, 0.1) is 0 Å². The van der Waals surface area contributed by atoms with E-state index in [2.05, 4.69) is 107 Å². The van der Waals surface area contributed by atoms with Crippen molar-refractivity contribution in [1.29, 1.82) is 0 Å². The number of aromatic nitrogens is 3. The third kappa shape index (κ3) is 4.01. The molecule has 3 heterocycles. The topological polar surface area (TPSA) is 51.8 Å². The molecule has 0 radical (unpaired) electrons. The number of para-hydroxylation sites is 1. The van der Waals surface area contributed by atoms with E-state index >= 15 is 0 Å². The van der Waals surface area contributed by atoms with E-state index in [9.17, 15) is 0 Å². The van der Waals surface area contributed by atoms with E-state index in [0.717, 1.165) is 38.6 Å². The Morgan fingerprint density at radius 3 is 1.98 bits per heavy atom. The smallest absolute Gasteiger partial charge is 0.165 e. The molecule has 240 valence electrons. The molecular weight excluding hydrogens is 631 g/mol. The van der Waals surface area contributed by atoms with Crippen LogP contribution in [-0.4, -0.2) is 15.0 Å². The van der Waals surface area contributed by atoms with Crippen molar-refractivity contribution in [3.05, 3.63) is 139 Å². The first kappa shape index (κ1) is 29.3. The lowest BCUT2D eigenvalue weighted by Crippen LogP contribution is -2.43. The summed E-state index contributed by atoms with van der Waals surface area (Å²) in [6, 6.07) is 44.7. The standard InChI is InChI=1S/C45H33N3OS/c1-44(2)33-21-10-8-16-27(33)28-24-25-36-38(39(28)45(44,3)4)30-18-12-20-32(40(30)50-36)43-47-41(26-14-6-5-7-15-26)46-42(48-43)31-19-13-23-35-37(31)29-17-9-11-22-34(29)49-35/h5-25H,1-4H3. The number of benzene rings is 6. The molecular formula is C45H33N3OS. The fourth-order valence-corrected chi connectivity index (χ4v) is 9.37. The molecule has 0 fully saturated rings. The third-order valence-corrected chi connectivity index (χ3v) is 12.5. The van der Waals surface area contributed by atoms with Crippen molar-refractivity contribution in [2.24, 2.45) is 0 Å². The van der Waals surface area contributed by atoms with Gasteiger partial charge in [-0.25, -0.2) is 15.0 Å². The molecule has 5 heteroatoms. The van der Waals surface area contributed by atoms with Crippen molar-refractivity contribution in [1.82, 2.24) is 15.0 Å². The predicted molar refractivity (Wildman–Crippen MR) is 208 cm³/mol. The molecule has 0 saturated heterocycles. The molecule has 1 aliphatic rings. The summed E-state index contributed by atoms with van der Waals surface area (Å²) in [4.78, 5) is 15.6. The lowest BCUT2D eigenvalue weighted by Gasteiger charge is -2.48. The second-order valence-corrected chi connectivity index (χ2v) is 15.4. The van der Waals surface area contributed by atoms with Crippen LogP contribution in [0.15, 0.2) is 132 Å². The summed E-state index contributed by atoms with van der Waals surface area (Å²) >= 11 is 1.83. The molecule has 10 rings (SSSR count). The van der Waals surface area contributed by atoms with Gasteiger partial charge in [0, 0.05) is 53.1 Å². The van der Waals surface area contributed by atoms with Crippen LogP contribution in [0.3, 0.4) is 0 Å². The van der Waals surface area contributed by atoms with Gasteiger partial charge in [-0.2, -0.15) is 0 Å². The summed E-state index contributed by atoms with van der Waals surface area (Å²) in [6.45, 7) is 9.63. The number of fused-ring (bicyclic) bond motifs is 10. The zero-order valence-electron chi connectivity index (χ0n) is 28.3. The minimum Gasteiger partial charge on any atom is -0.456 e. The highest BCUT2D eigenvalue weighted by molar-refractivity contribution is 7.26. The van der Waals surface area contributed by atoms with Gasteiger partial charge in [0.15, 0.2) is 17.5 Å². The Bertz CT molecular complexity index is 2820. The Hall–Kier alpha value is -5.65. The average molecular weight is 664 g/mol. The maximum atomic E-state index is 6.26. The van der Waals surface area contributed by atoms with Crippen LogP contribution in [0, 0.1) is 0 Å². The van der Waals surface area contributed by atoms with Crippen LogP contribution < -0.4 is 0 Å². The van der Waals surface area contributed by atoms with Gasteiger partial charge in [-0.1, -0.05) is 131 Å². The van der Waals surface area contributed by atoms with Crippen LogP contribution >= 0.6 is 11.3 Å². The largest absolute Gasteiger partial charge is 0.456 e. The zero-order chi connectivity index (χ0) is 33.8. The number of thiophene rings is 1. The Morgan fingerprint density at radius 2 is 1.12 bits per heavy atom. The quantitative estimate of drug-likeness (QED) is 0.189. The Kier molecular flexibility index (Phi) is 6.11. The molecule has 0 saturated carbocycles. The minimum atomic E-state index is -0.118. The van der Waals surface area contributed by atoms with Crippen LogP contribution in [-0.2, 0) is 10.8 Å². The first-order valence-corrected chi connectivity index (χ1v) is 17.9. The van der Waals surface area contributed by atoms with E-state index in [4.69, 9.17) is 19.4 Å². The number of furan rings is 1. The lowest BCUT2D eigenvalue weighted by atomic mass is 9.55. The van der Waals surface area contributed by atoms with Crippen LogP contribution in [0.25, 0.3) is 87.4 Å². The van der Waals surface area contributed by atoms with Crippen molar-refractivity contribution in [2.45, 2.75) is 38.5 Å². The van der Waals surface area contributed by atoms with Crippen LogP contribution in [0.1, 0.15) is 38.8 Å². The second-order valence-electron chi connectivity index (χ2n) is 14.4. The summed E-state index contributed by atoms with van der Waals surface area (Å²) < 4.78 is 8.73. The van der Waals surface area contributed by atoms with Gasteiger partial charge < -0.3 is 4.42 Å². The molecule has 50 heavy (non-hydrogen) atoms. The van der Waals surface area contributed by atoms with Crippen LogP contribution in [0.4, 0.5) is 0 Å². The normalized spacial score (nSPS) is 14.7. The van der Waals surface area contributed by atoms with Gasteiger partial charge in [0.1, 0.15) is 11.2 Å². The number of hydrogen-bond donors (Lipinski definition) is 0. The predicted octanol–water partition coefficient (Wildman–Crippen LogP) is 12.4. The van der Waals surface area contributed by atoms with Crippen molar-refractivity contribution in [3.8, 4) is 45.3 Å². The number of rotatable bonds is 3. The molecule has 0 atom stereocenters. The molecule has 0 N–H and O–H groups in total. The van der Waals surface area contributed by atoms with Gasteiger partial charge in [-0.05, 0) is 51.9 Å². The van der Waals surface area contributed by atoms with E-state index in [0.29, 0.717) is 17.5 Å². The monoisotopic (exact) mass is 663 g/mol. The lowest BCUT2D eigenvalue weighted by molar-refractivity contribution is 0.301. The molecule has 0 unspecified atom stereocenters. The molecule has 3 aromatic heterocycles. The maximum absolute atomic E-state index is 6.26. The molecule has 4 nitrogen and oxygen atoms in total. The Labute approximate surface area is 294 Å².